The fourth-order valence-electron chi connectivity index (χ4n) is 5.57. The Kier molecular flexibility index (Phi) is 9.08. The number of carbonyl (C=O) groups is 2. The van der Waals surface area contributed by atoms with Gasteiger partial charge in [-0.3, -0.25) is 9.59 Å². The molecule has 2 aliphatic carbocycles. The maximum atomic E-state index is 14.0. The lowest BCUT2D eigenvalue weighted by molar-refractivity contribution is -0.144. The van der Waals surface area contributed by atoms with E-state index in [1.807, 2.05) is 0 Å². The Morgan fingerprint density at radius 2 is 1.64 bits per heavy atom. The molecule has 0 bridgehead atoms. The van der Waals surface area contributed by atoms with Gasteiger partial charge >= 0.3 is 12.4 Å². The molecule has 0 saturated heterocycles. The van der Waals surface area contributed by atoms with E-state index in [0.717, 1.165) is 19.1 Å². The summed E-state index contributed by atoms with van der Waals surface area (Å²) in [5.74, 6) is -4.93. The molecule has 0 spiro atoms. The van der Waals surface area contributed by atoms with Crippen molar-refractivity contribution in [2.75, 3.05) is 0 Å². The molecule has 0 radical (unpaired) electrons. The second-order valence-electron chi connectivity index (χ2n) is 11.7. The maximum Gasteiger partial charge on any atom is 0.389 e. The van der Waals surface area contributed by atoms with Crippen LogP contribution in [0, 0.1) is 11.8 Å². The number of imidazole rings is 1. The molecule has 0 aromatic carbocycles. The summed E-state index contributed by atoms with van der Waals surface area (Å²) < 4.78 is 110. The SMILES string of the molecule is O=C(CCC(F)(F)F)N[C@@H](c1cnn2cc([C@@H](NC(=O)c3conc3CCC(F)(F)F)C3CCC(F)(F)CC3)nc2c1)C1CC1. The molecule has 2 fully saturated rings. The van der Waals surface area contributed by atoms with E-state index in [-0.39, 0.29) is 41.4 Å². The van der Waals surface area contributed by atoms with Crippen molar-refractivity contribution >= 4 is 17.5 Å². The molecule has 2 N–H and O–H groups in total. The maximum absolute atomic E-state index is 14.0. The lowest BCUT2D eigenvalue weighted by atomic mass is 9.81. The molecule has 3 aromatic heterocycles. The van der Waals surface area contributed by atoms with E-state index < -0.39 is 86.6 Å². The van der Waals surface area contributed by atoms with Crippen molar-refractivity contribution in [1.82, 2.24) is 30.4 Å². The molecular weight excluding hydrogens is 620 g/mol. The van der Waals surface area contributed by atoms with E-state index in [0.29, 0.717) is 5.56 Å². The number of hydrogen-bond acceptors (Lipinski definition) is 6. The first-order valence-corrected chi connectivity index (χ1v) is 14.5. The normalized spacial score (nSPS) is 18.9. The smallest absolute Gasteiger partial charge is 0.364 e. The molecule has 5 rings (SSSR count). The summed E-state index contributed by atoms with van der Waals surface area (Å²) in [7, 11) is 0. The number of hydrogen-bond donors (Lipinski definition) is 2. The van der Waals surface area contributed by atoms with Gasteiger partial charge in [0.2, 0.25) is 11.8 Å². The Balaban J connectivity index is 1.39. The van der Waals surface area contributed by atoms with Crippen LogP contribution in [0.15, 0.2) is 29.2 Å². The van der Waals surface area contributed by atoms with Gasteiger partial charge in [0.15, 0.2) is 5.65 Å². The molecule has 45 heavy (non-hydrogen) atoms. The number of fused-ring (bicyclic) bond motifs is 1. The fraction of sp³-hybridized carbons (Fsp3) is 0.607. The van der Waals surface area contributed by atoms with Crippen LogP contribution < -0.4 is 10.6 Å². The summed E-state index contributed by atoms with van der Waals surface area (Å²) in [6.45, 7) is 0. The number of aryl methyl sites for hydroxylation is 1. The van der Waals surface area contributed by atoms with Crippen LogP contribution in [0.25, 0.3) is 5.65 Å². The number of aromatic nitrogens is 4. The minimum Gasteiger partial charge on any atom is -0.364 e. The second kappa shape index (κ2) is 12.5. The number of rotatable bonds is 11. The standard InChI is InChI=1S/C28H30F8N6O3/c29-26(30)7-3-16(4-8-26)24(40-25(44)18-14-45-41-19(18)5-9-27(31,32)33)20-13-42-21(38-20)11-17(12-37-42)23(15-1-2-15)39-22(43)6-10-28(34,35)36/h11-16,23-24H,1-10H2,(H,39,43)(H,40,44)/t23-,24+/m1/s1. The molecule has 0 unspecified atom stereocenters. The number of amides is 2. The lowest BCUT2D eigenvalue weighted by Gasteiger charge is -2.33. The Morgan fingerprint density at radius 3 is 2.29 bits per heavy atom. The van der Waals surface area contributed by atoms with Crippen molar-refractivity contribution < 1.29 is 49.2 Å². The van der Waals surface area contributed by atoms with Crippen LogP contribution in [0.3, 0.4) is 0 Å². The third-order valence-corrected chi connectivity index (χ3v) is 8.14. The molecular formula is C28H30F8N6O3. The summed E-state index contributed by atoms with van der Waals surface area (Å²) in [6.07, 6.45) is -8.20. The van der Waals surface area contributed by atoms with Crippen LogP contribution in [-0.2, 0) is 11.2 Å². The van der Waals surface area contributed by atoms with Gasteiger partial charge in [0.25, 0.3) is 5.91 Å². The molecule has 3 heterocycles. The molecule has 9 nitrogen and oxygen atoms in total. The molecule has 246 valence electrons. The summed E-state index contributed by atoms with van der Waals surface area (Å²) >= 11 is 0. The van der Waals surface area contributed by atoms with Crippen LogP contribution in [0.1, 0.15) is 97.2 Å². The van der Waals surface area contributed by atoms with Crippen molar-refractivity contribution in [3.8, 4) is 0 Å². The largest absolute Gasteiger partial charge is 0.389 e. The zero-order chi connectivity index (χ0) is 32.6. The molecule has 2 saturated carbocycles. The van der Waals surface area contributed by atoms with Crippen molar-refractivity contribution in [3.63, 3.8) is 0 Å². The van der Waals surface area contributed by atoms with E-state index in [4.69, 9.17) is 4.52 Å². The molecule has 2 aliphatic rings. The average Bonchev–Trinajstić information content (AvgIpc) is 3.52. The first-order valence-electron chi connectivity index (χ1n) is 14.5. The highest BCUT2D eigenvalue weighted by Gasteiger charge is 2.40. The number of alkyl halides is 8. The summed E-state index contributed by atoms with van der Waals surface area (Å²) in [5, 5.41) is 13.2. The summed E-state index contributed by atoms with van der Waals surface area (Å²) in [5.41, 5.74) is 0.619. The minimum absolute atomic E-state index is 0.00424. The van der Waals surface area contributed by atoms with Gasteiger partial charge in [-0.2, -0.15) is 31.4 Å². The Bertz CT molecular complexity index is 1500. The molecule has 2 amide bonds. The van der Waals surface area contributed by atoms with E-state index in [9.17, 15) is 44.7 Å². The van der Waals surface area contributed by atoms with Gasteiger partial charge in [-0.25, -0.2) is 18.3 Å². The van der Waals surface area contributed by atoms with Gasteiger partial charge in [-0.05, 0) is 49.1 Å². The molecule has 2 atom stereocenters. The predicted molar refractivity (Wildman–Crippen MR) is 140 cm³/mol. The first kappa shape index (κ1) is 32.6. The van der Waals surface area contributed by atoms with Crippen molar-refractivity contribution in [2.24, 2.45) is 11.8 Å². The Morgan fingerprint density at radius 1 is 0.978 bits per heavy atom. The van der Waals surface area contributed by atoms with Crippen LogP contribution in [-0.4, -0.2) is 49.8 Å². The van der Waals surface area contributed by atoms with Crippen LogP contribution >= 0.6 is 0 Å². The topological polar surface area (TPSA) is 114 Å². The van der Waals surface area contributed by atoms with E-state index in [1.54, 1.807) is 6.07 Å². The zero-order valence-corrected chi connectivity index (χ0v) is 23.7. The van der Waals surface area contributed by atoms with Gasteiger partial charge in [0, 0.05) is 32.1 Å². The first-order chi connectivity index (χ1) is 21.1. The molecule has 17 heteroatoms. The van der Waals surface area contributed by atoms with Crippen LogP contribution in [0.4, 0.5) is 35.1 Å². The summed E-state index contributed by atoms with van der Waals surface area (Å²) in [6, 6.07) is 0.0840. The Labute approximate surface area is 251 Å². The number of nitrogens with zero attached hydrogens (tertiary/aromatic N) is 4. The van der Waals surface area contributed by atoms with Crippen LogP contribution in [0.5, 0.6) is 0 Å². The molecule has 0 aliphatic heterocycles. The second-order valence-corrected chi connectivity index (χ2v) is 11.7. The molecule has 3 aromatic rings. The van der Waals surface area contributed by atoms with E-state index in [2.05, 4.69) is 25.9 Å². The number of halogens is 8. The van der Waals surface area contributed by atoms with E-state index in [1.165, 1.54) is 16.9 Å². The van der Waals surface area contributed by atoms with Crippen molar-refractivity contribution in [3.05, 3.63) is 47.2 Å². The van der Waals surface area contributed by atoms with Gasteiger partial charge in [0.05, 0.1) is 42.3 Å². The monoisotopic (exact) mass is 650 g/mol. The third-order valence-electron chi connectivity index (χ3n) is 8.14. The highest BCUT2D eigenvalue weighted by molar-refractivity contribution is 5.95. The van der Waals surface area contributed by atoms with Gasteiger partial charge < -0.3 is 15.2 Å². The summed E-state index contributed by atoms with van der Waals surface area (Å²) in [4.78, 5) is 30.1. The van der Waals surface area contributed by atoms with E-state index >= 15 is 0 Å². The predicted octanol–water partition coefficient (Wildman–Crippen LogP) is 6.42. The zero-order valence-electron chi connectivity index (χ0n) is 23.7. The highest BCUT2D eigenvalue weighted by atomic mass is 19.4. The van der Waals surface area contributed by atoms with Crippen molar-refractivity contribution in [2.45, 2.75) is 94.6 Å². The van der Waals surface area contributed by atoms with Crippen molar-refractivity contribution in [1.29, 1.82) is 0 Å². The lowest BCUT2D eigenvalue weighted by Crippen LogP contribution is -2.37. The fourth-order valence-corrected chi connectivity index (χ4v) is 5.57. The average molecular weight is 651 g/mol. The van der Waals surface area contributed by atoms with Gasteiger partial charge in [0.1, 0.15) is 11.8 Å². The quantitative estimate of drug-likeness (QED) is 0.232. The highest BCUT2D eigenvalue weighted by Crippen LogP contribution is 2.43. The number of carbonyl (C=O) groups excluding carboxylic acids is 2. The third kappa shape index (κ3) is 8.69. The Hall–Kier alpha value is -3.79. The van der Waals surface area contributed by atoms with Crippen LogP contribution in [0.2, 0.25) is 0 Å². The van der Waals surface area contributed by atoms with Gasteiger partial charge in [-0.15, -0.1) is 0 Å². The minimum atomic E-state index is -4.49. The number of nitrogens with one attached hydrogen (secondary N) is 2. The van der Waals surface area contributed by atoms with Gasteiger partial charge in [-0.1, -0.05) is 5.16 Å².